The van der Waals surface area contributed by atoms with Crippen LogP contribution in [-0.4, -0.2) is 55.6 Å². The fourth-order valence-electron chi connectivity index (χ4n) is 3.64. The fraction of sp³-hybridized carbons (Fsp3) is 0.500. The van der Waals surface area contributed by atoms with E-state index in [2.05, 4.69) is 5.32 Å². The lowest BCUT2D eigenvalue weighted by molar-refractivity contribution is -0.150. The van der Waals surface area contributed by atoms with E-state index in [0.29, 0.717) is 29.5 Å². The lowest BCUT2D eigenvalue weighted by Crippen LogP contribution is -2.43. The second kappa shape index (κ2) is 10.6. The molecule has 1 amide bonds. The molecule has 3 heterocycles. The number of furan rings is 1. The number of hydrogen-bond acceptors (Lipinski definition) is 8. The van der Waals surface area contributed by atoms with Crippen LogP contribution < -0.4 is 5.32 Å². The number of nitrogens with zero attached hydrogens (tertiary/aromatic N) is 1. The molecule has 2 aromatic rings. The Kier molecular flexibility index (Phi) is 7.86. The van der Waals surface area contributed by atoms with Gasteiger partial charge in [-0.25, -0.2) is 4.79 Å². The molecule has 1 aliphatic rings. The number of thiophene rings is 1. The van der Waals surface area contributed by atoms with E-state index in [1.165, 1.54) is 11.3 Å². The molecule has 8 nitrogen and oxygen atoms in total. The van der Waals surface area contributed by atoms with Crippen molar-refractivity contribution < 1.29 is 28.3 Å². The van der Waals surface area contributed by atoms with Crippen molar-refractivity contribution in [3.63, 3.8) is 0 Å². The summed E-state index contributed by atoms with van der Waals surface area (Å²) >= 11 is 1.25. The Bertz CT molecular complexity index is 934. The van der Waals surface area contributed by atoms with Gasteiger partial charge in [0.1, 0.15) is 22.1 Å². The highest BCUT2D eigenvalue weighted by Gasteiger charge is 2.29. The second-order valence-electron chi connectivity index (χ2n) is 7.36. The first-order chi connectivity index (χ1) is 14.9. The van der Waals surface area contributed by atoms with Crippen LogP contribution in [0.1, 0.15) is 42.8 Å². The summed E-state index contributed by atoms with van der Waals surface area (Å²) in [6, 6.07) is 3.60. The van der Waals surface area contributed by atoms with Gasteiger partial charge in [0.2, 0.25) is 5.91 Å². The molecule has 0 saturated carbocycles. The minimum absolute atomic E-state index is 0.130. The topological polar surface area (TPSA) is 98.1 Å². The van der Waals surface area contributed by atoms with Crippen LogP contribution in [0.25, 0.3) is 11.3 Å². The molecular formula is C22H28N2O6S. The zero-order valence-corrected chi connectivity index (χ0v) is 18.9. The number of rotatable bonds is 8. The number of carbonyl (C=O) groups excluding carboxylic acids is 3. The molecule has 1 saturated heterocycles. The van der Waals surface area contributed by atoms with Crippen LogP contribution in [0.5, 0.6) is 0 Å². The van der Waals surface area contributed by atoms with Gasteiger partial charge in [-0.05, 0) is 52.3 Å². The molecule has 31 heavy (non-hydrogen) atoms. The van der Waals surface area contributed by atoms with Gasteiger partial charge in [-0.1, -0.05) is 0 Å². The molecule has 0 aromatic carbocycles. The van der Waals surface area contributed by atoms with Crippen LogP contribution in [0.4, 0.5) is 5.00 Å². The van der Waals surface area contributed by atoms with Crippen molar-refractivity contribution in [2.24, 2.45) is 5.92 Å². The van der Waals surface area contributed by atoms with Crippen LogP contribution in [0.15, 0.2) is 21.9 Å². The molecule has 0 radical (unpaired) electrons. The minimum Gasteiger partial charge on any atom is -0.466 e. The maximum Gasteiger partial charge on any atom is 0.341 e. The monoisotopic (exact) mass is 448 g/mol. The SMILES string of the molecule is CCOC(=O)c1c(-c2ccc(C)o2)csc1NC(=O)CN1CCCC(C(=O)OCC)C1. The standard InChI is InChI=1S/C22H28N2O6S/c1-4-28-21(26)15-7-6-10-24(11-15)12-18(25)23-20-19(22(27)29-5-2)16(13-31-20)17-9-8-14(3)30-17/h8-9,13,15H,4-7,10-12H2,1-3H3,(H,23,25). The number of esters is 2. The van der Waals surface area contributed by atoms with Crippen LogP contribution in [-0.2, 0) is 19.1 Å². The maximum atomic E-state index is 12.7. The lowest BCUT2D eigenvalue weighted by Gasteiger charge is -2.30. The molecule has 3 rings (SSSR count). The van der Waals surface area contributed by atoms with Crippen LogP contribution in [0.3, 0.4) is 0 Å². The zero-order chi connectivity index (χ0) is 22.4. The predicted octanol–water partition coefficient (Wildman–Crippen LogP) is 3.71. The number of hydrogen-bond donors (Lipinski definition) is 1. The largest absolute Gasteiger partial charge is 0.466 e. The van der Waals surface area contributed by atoms with Crippen LogP contribution >= 0.6 is 11.3 Å². The van der Waals surface area contributed by atoms with Crippen molar-refractivity contribution in [1.82, 2.24) is 4.90 Å². The van der Waals surface area contributed by atoms with Crippen LogP contribution in [0, 0.1) is 12.8 Å². The van der Waals surface area contributed by atoms with E-state index in [1.807, 2.05) is 17.9 Å². The quantitative estimate of drug-likeness (QED) is 0.615. The van der Waals surface area contributed by atoms with E-state index in [4.69, 9.17) is 13.9 Å². The van der Waals surface area contributed by atoms with Gasteiger partial charge in [0.25, 0.3) is 0 Å². The number of ether oxygens (including phenoxy) is 2. The Morgan fingerprint density at radius 2 is 2.00 bits per heavy atom. The number of nitrogens with one attached hydrogen (secondary N) is 1. The summed E-state index contributed by atoms with van der Waals surface area (Å²) < 4.78 is 16.0. The maximum absolute atomic E-state index is 12.7. The van der Waals surface area contributed by atoms with Crippen LogP contribution in [0.2, 0.25) is 0 Å². The van der Waals surface area contributed by atoms with Gasteiger partial charge < -0.3 is 19.2 Å². The van der Waals surface area contributed by atoms with Gasteiger partial charge in [-0.3, -0.25) is 14.5 Å². The normalized spacial score (nSPS) is 16.7. The summed E-state index contributed by atoms with van der Waals surface area (Å²) in [5.41, 5.74) is 0.879. The highest BCUT2D eigenvalue weighted by atomic mass is 32.1. The molecule has 0 spiro atoms. The summed E-state index contributed by atoms with van der Waals surface area (Å²) in [7, 11) is 0. The highest BCUT2D eigenvalue weighted by molar-refractivity contribution is 7.15. The van der Waals surface area contributed by atoms with Gasteiger partial charge in [0.05, 0.1) is 25.7 Å². The molecule has 0 bridgehead atoms. The number of piperidine rings is 1. The van der Waals surface area contributed by atoms with Gasteiger partial charge >= 0.3 is 11.9 Å². The van der Waals surface area contributed by atoms with E-state index in [0.717, 1.165) is 25.1 Å². The van der Waals surface area contributed by atoms with E-state index >= 15 is 0 Å². The van der Waals surface area contributed by atoms with Gasteiger partial charge in [0.15, 0.2) is 0 Å². The van der Waals surface area contributed by atoms with Gasteiger partial charge in [-0.15, -0.1) is 11.3 Å². The first-order valence-corrected chi connectivity index (χ1v) is 11.3. The third-order valence-electron chi connectivity index (χ3n) is 5.02. The van der Waals surface area contributed by atoms with E-state index < -0.39 is 5.97 Å². The van der Waals surface area contributed by atoms with Gasteiger partial charge in [-0.2, -0.15) is 0 Å². The summed E-state index contributed by atoms with van der Waals surface area (Å²) in [6.07, 6.45) is 1.59. The lowest BCUT2D eigenvalue weighted by atomic mass is 9.98. The molecular weight excluding hydrogens is 420 g/mol. The summed E-state index contributed by atoms with van der Waals surface area (Å²) in [5, 5.41) is 5.04. The molecule has 2 aromatic heterocycles. The number of anilines is 1. The third kappa shape index (κ3) is 5.74. The van der Waals surface area contributed by atoms with Crippen molar-refractivity contribution in [3.8, 4) is 11.3 Å². The van der Waals surface area contributed by atoms with Crippen molar-refractivity contribution in [2.45, 2.75) is 33.6 Å². The molecule has 168 valence electrons. The first kappa shape index (κ1) is 23.0. The highest BCUT2D eigenvalue weighted by Crippen LogP contribution is 2.37. The van der Waals surface area contributed by atoms with Crippen molar-refractivity contribution in [1.29, 1.82) is 0 Å². The average Bonchev–Trinajstić information content (AvgIpc) is 3.34. The third-order valence-corrected chi connectivity index (χ3v) is 5.92. The van der Waals surface area contributed by atoms with E-state index in [-0.39, 0.29) is 36.5 Å². The Balaban J connectivity index is 1.71. The number of amides is 1. The number of aryl methyl sites for hydroxylation is 1. The predicted molar refractivity (Wildman–Crippen MR) is 117 cm³/mol. The van der Waals surface area contributed by atoms with Gasteiger partial charge in [0, 0.05) is 17.5 Å². The molecule has 1 fully saturated rings. The van der Waals surface area contributed by atoms with E-state index in [9.17, 15) is 14.4 Å². The first-order valence-electron chi connectivity index (χ1n) is 10.5. The van der Waals surface area contributed by atoms with Crippen molar-refractivity contribution in [3.05, 3.63) is 28.8 Å². The average molecular weight is 449 g/mol. The molecule has 1 N–H and O–H groups in total. The number of likely N-dealkylation sites (tertiary alicyclic amines) is 1. The fourth-order valence-corrected chi connectivity index (χ4v) is 4.59. The Labute approximate surface area is 185 Å². The minimum atomic E-state index is -0.511. The smallest absolute Gasteiger partial charge is 0.341 e. The summed E-state index contributed by atoms with van der Waals surface area (Å²) in [5.74, 6) is 0.0805. The molecule has 9 heteroatoms. The summed E-state index contributed by atoms with van der Waals surface area (Å²) in [4.78, 5) is 39.3. The van der Waals surface area contributed by atoms with E-state index in [1.54, 1.807) is 25.3 Å². The molecule has 1 unspecified atom stereocenters. The van der Waals surface area contributed by atoms with Crippen molar-refractivity contribution >= 4 is 34.2 Å². The number of carbonyl (C=O) groups is 3. The second-order valence-corrected chi connectivity index (χ2v) is 8.24. The molecule has 1 atom stereocenters. The molecule has 1 aliphatic heterocycles. The Hall–Kier alpha value is -2.65. The summed E-state index contributed by atoms with van der Waals surface area (Å²) in [6.45, 7) is 7.26. The Morgan fingerprint density at radius 1 is 1.23 bits per heavy atom. The van der Waals surface area contributed by atoms with Crippen molar-refractivity contribution in [2.75, 3.05) is 38.2 Å². The Morgan fingerprint density at radius 3 is 2.68 bits per heavy atom. The molecule has 0 aliphatic carbocycles. The zero-order valence-electron chi connectivity index (χ0n) is 18.1.